The zero-order chi connectivity index (χ0) is 20.9. The van der Waals surface area contributed by atoms with E-state index in [1.165, 1.54) is 12.4 Å². The Morgan fingerprint density at radius 2 is 1.77 bits per heavy atom. The molecule has 30 heavy (non-hydrogen) atoms. The highest BCUT2D eigenvalue weighted by Gasteiger charge is 2.07. The van der Waals surface area contributed by atoms with E-state index in [2.05, 4.69) is 20.6 Å². The second kappa shape index (κ2) is 8.95. The molecule has 2 N–H and O–H groups in total. The van der Waals surface area contributed by atoms with E-state index < -0.39 is 0 Å². The number of hydrogen-bond donors (Lipinski definition) is 2. The molecule has 0 aliphatic rings. The van der Waals surface area contributed by atoms with Crippen molar-refractivity contribution in [3.63, 3.8) is 0 Å². The molecule has 1 amide bonds. The molecule has 0 spiro atoms. The Morgan fingerprint density at radius 1 is 0.900 bits per heavy atom. The summed E-state index contributed by atoms with van der Waals surface area (Å²) < 4.78 is 0. The Kier molecular flexibility index (Phi) is 5.93. The maximum absolute atomic E-state index is 12.3. The number of anilines is 3. The molecule has 1 aromatic heterocycles. The van der Waals surface area contributed by atoms with Gasteiger partial charge in [0.15, 0.2) is 0 Å². The molecule has 0 aliphatic carbocycles. The van der Waals surface area contributed by atoms with Crippen LogP contribution in [0.1, 0.15) is 5.56 Å². The first kappa shape index (κ1) is 19.9. The third-order valence-electron chi connectivity index (χ3n) is 4.31. The Bertz CT molecular complexity index is 1260. The van der Waals surface area contributed by atoms with E-state index in [1.54, 1.807) is 30.3 Å². The van der Waals surface area contributed by atoms with E-state index in [0.717, 1.165) is 22.2 Å². The van der Waals surface area contributed by atoms with Crippen molar-refractivity contribution in [3.05, 3.63) is 94.7 Å². The molecule has 0 unspecified atom stereocenters. The lowest BCUT2D eigenvalue weighted by Crippen LogP contribution is -2.08. The number of aromatic nitrogens is 2. The van der Waals surface area contributed by atoms with Crippen molar-refractivity contribution in [2.45, 2.75) is 0 Å². The number of amides is 1. The van der Waals surface area contributed by atoms with Gasteiger partial charge in [0.2, 0.25) is 5.91 Å². The molecule has 0 bridgehead atoms. The van der Waals surface area contributed by atoms with Crippen LogP contribution in [0.25, 0.3) is 17.0 Å². The van der Waals surface area contributed by atoms with Gasteiger partial charge in [-0.25, -0.2) is 9.97 Å². The van der Waals surface area contributed by atoms with Gasteiger partial charge in [0.1, 0.15) is 12.1 Å². The summed E-state index contributed by atoms with van der Waals surface area (Å²) in [5.41, 5.74) is 2.95. The Labute approximate surface area is 183 Å². The Hall–Kier alpha value is -3.41. The first-order chi connectivity index (χ1) is 14.6. The number of carbonyl (C=O) groups is 1. The maximum Gasteiger partial charge on any atom is 0.248 e. The van der Waals surface area contributed by atoms with E-state index >= 15 is 0 Å². The summed E-state index contributed by atoms with van der Waals surface area (Å²) in [5, 5.41) is 8.07. The minimum Gasteiger partial charge on any atom is -0.340 e. The zero-order valence-electron chi connectivity index (χ0n) is 15.6. The molecule has 0 radical (unpaired) electrons. The molecule has 7 heteroatoms. The average Bonchev–Trinajstić information content (AvgIpc) is 2.74. The van der Waals surface area contributed by atoms with Gasteiger partial charge in [-0.3, -0.25) is 4.79 Å². The van der Waals surface area contributed by atoms with Crippen molar-refractivity contribution >= 4 is 63.3 Å². The van der Waals surface area contributed by atoms with Gasteiger partial charge in [0.25, 0.3) is 0 Å². The van der Waals surface area contributed by atoms with Crippen molar-refractivity contribution in [2.24, 2.45) is 0 Å². The van der Waals surface area contributed by atoms with E-state index in [1.807, 2.05) is 42.5 Å². The SMILES string of the molecule is O=C(/C=C/c1ccccc1Cl)Nc1ccc2ncnc(Nc3cccc(Cl)c3)c2c1. The van der Waals surface area contributed by atoms with Crippen LogP contribution in [0.15, 0.2) is 79.1 Å². The molecule has 3 aromatic carbocycles. The molecule has 0 fully saturated rings. The van der Waals surface area contributed by atoms with E-state index in [-0.39, 0.29) is 5.91 Å². The fraction of sp³-hybridized carbons (Fsp3) is 0. The standard InChI is InChI=1S/C23H16Cl2N4O/c24-16-5-3-6-17(12-16)29-23-19-13-18(9-10-21(19)26-14-27-23)28-22(30)11-8-15-4-1-2-7-20(15)25/h1-14H,(H,28,30)(H,26,27,29)/b11-8+. The van der Waals surface area contributed by atoms with Crippen molar-refractivity contribution < 1.29 is 4.79 Å². The summed E-state index contributed by atoms with van der Waals surface area (Å²) in [6.07, 6.45) is 4.60. The predicted molar refractivity (Wildman–Crippen MR) is 123 cm³/mol. The van der Waals surface area contributed by atoms with Crippen LogP contribution >= 0.6 is 23.2 Å². The summed E-state index contributed by atoms with van der Waals surface area (Å²) in [6.45, 7) is 0. The van der Waals surface area contributed by atoms with E-state index in [9.17, 15) is 4.79 Å². The number of fused-ring (bicyclic) bond motifs is 1. The van der Waals surface area contributed by atoms with E-state index in [4.69, 9.17) is 23.2 Å². The van der Waals surface area contributed by atoms with Gasteiger partial charge in [-0.15, -0.1) is 0 Å². The monoisotopic (exact) mass is 434 g/mol. The molecule has 0 atom stereocenters. The number of halogens is 2. The fourth-order valence-electron chi connectivity index (χ4n) is 2.90. The highest BCUT2D eigenvalue weighted by Crippen LogP contribution is 2.27. The minimum atomic E-state index is -0.268. The van der Waals surface area contributed by atoms with Gasteiger partial charge >= 0.3 is 0 Å². The molecule has 4 aromatic rings. The van der Waals surface area contributed by atoms with Crippen LogP contribution in [0.4, 0.5) is 17.2 Å². The van der Waals surface area contributed by atoms with Crippen LogP contribution < -0.4 is 10.6 Å². The number of nitrogens with zero attached hydrogens (tertiary/aromatic N) is 2. The summed E-state index contributed by atoms with van der Waals surface area (Å²) in [4.78, 5) is 21.0. The van der Waals surface area contributed by atoms with Gasteiger partial charge in [-0.2, -0.15) is 0 Å². The highest BCUT2D eigenvalue weighted by molar-refractivity contribution is 6.32. The fourth-order valence-corrected chi connectivity index (χ4v) is 3.29. The van der Waals surface area contributed by atoms with Crippen LogP contribution in [-0.4, -0.2) is 15.9 Å². The summed E-state index contributed by atoms with van der Waals surface area (Å²) in [5.74, 6) is 0.348. The maximum atomic E-state index is 12.3. The molecule has 148 valence electrons. The third-order valence-corrected chi connectivity index (χ3v) is 4.89. The summed E-state index contributed by atoms with van der Waals surface area (Å²) >= 11 is 12.2. The molecule has 1 heterocycles. The first-order valence-electron chi connectivity index (χ1n) is 9.09. The van der Waals surface area contributed by atoms with Gasteiger partial charge in [0, 0.05) is 32.9 Å². The van der Waals surface area contributed by atoms with Crippen molar-refractivity contribution in [2.75, 3.05) is 10.6 Å². The number of hydrogen-bond acceptors (Lipinski definition) is 4. The van der Waals surface area contributed by atoms with Gasteiger partial charge < -0.3 is 10.6 Å². The van der Waals surface area contributed by atoms with Crippen LogP contribution in [0.2, 0.25) is 10.0 Å². The van der Waals surface area contributed by atoms with E-state index in [0.29, 0.717) is 21.6 Å². The number of carbonyl (C=O) groups excluding carboxylic acids is 1. The highest BCUT2D eigenvalue weighted by atomic mass is 35.5. The molecule has 4 rings (SSSR count). The largest absolute Gasteiger partial charge is 0.340 e. The molecule has 0 saturated heterocycles. The van der Waals surface area contributed by atoms with Crippen LogP contribution in [0.5, 0.6) is 0 Å². The van der Waals surface area contributed by atoms with Crippen LogP contribution in [0.3, 0.4) is 0 Å². The summed E-state index contributed by atoms with van der Waals surface area (Å²) in [7, 11) is 0. The predicted octanol–water partition coefficient (Wildman–Crippen LogP) is 6.33. The third kappa shape index (κ3) is 4.76. The van der Waals surface area contributed by atoms with Crippen molar-refractivity contribution in [1.82, 2.24) is 9.97 Å². The van der Waals surface area contributed by atoms with Crippen LogP contribution in [-0.2, 0) is 4.79 Å². The smallest absolute Gasteiger partial charge is 0.248 e. The lowest BCUT2D eigenvalue weighted by Gasteiger charge is -2.10. The van der Waals surface area contributed by atoms with Gasteiger partial charge in [-0.1, -0.05) is 47.5 Å². The lowest BCUT2D eigenvalue weighted by atomic mass is 10.2. The van der Waals surface area contributed by atoms with Crippen LogP contribution in [0, 0.1) is 0 Å². The molecular weight excluding hydrogens is 419 g/mol. The minimum absolute atomic E-state index is 0.268. The van der Waals surface area contributed by atoms with Gasteiger partial charge in [-0.05, 0) is 54.1 Å². The normalized spacial score (nSPS) is 11.0. The van der Waals surface area contributed by atoms with Crippen molar-refractivity contribution in [3.8, 4) is 0 Å². The zero-order valence-corrected chi connectivity index (χ0v) is 17.2. The first-order valence-corrected chi connectivity index (χ1v) is 9.85. The average molecular weight is 435 g/mol. The number of nitrogens with one attached hydrogen (secondary N) is 2. The Balaban J connectivity index is 1.56. The number of rotatable bonds is 5. The summed E-state index contributed by atoms with van der Waals surface area (Å²) in [6, 6.07) is 20.1. The van der Waals surface area contributed by atoms with Crippen molar-refractivity contribution in [1.29, 1.82) is 0 Å². The second-order valence-electron chi connectivity index (χ2n) is 6.43. The lowest BCUT2D eigenvalue weighted by molar-refractivity contribution is -0.111. The van der Waals surface area contributed by atoms with Gasteiger partial charge in [0.05, 0.1) is 5.52 Å². The second-order valence-corrected chi connectivity index (χ2v) is 7.28. The quantitative estimate of drug-likeness (QED) is 0.360. The molecule has 0 saturated carbocycles. The molecule has 0 aliphatic heterocycles. The Morgan fingerprint density at radius 3 is 2.60 bits per heavy atom. The topological polar surface area (TPSA) is 66.9 Å². The number of benzene rings is 3. The molecular formula is C23H16Cl2N4O. The molecule has 5 nitrogen and oxygen atoms in total.